The van der Waals surface area contributed by atoms with Crippen LogP contribution in [0.3, 0.4) is 0 Å². The highest BCUT2D eigenvalue weighted by Crippen LogP contribution is 2.22. The first-order chi connectivity index (χ1) is 7.60. The van der Waals surface area contributed by atoms with E-state index in [4.69, 9.17) is 4.74 Å². The highest BCUT2D eigenvalue weighted by Gasteiger charge is 2.18. The zero-order valence-corrected chi connectivity index (χ0v) is 8.85. The van der Waals surface area contributed by atoms with Crippen molar-refractivity contribution in [3.63, 3.8) is 0 Å². The fraction of sp³-hybridized carbons (Fsp3) is 0.182. The number of esters is 2. The second-order valence-corrected chi connectivity index (χ2v) is 2.92. The molecule has 0 aromatic heterocycles. The molecule has 0 saturated heterocycles. The highest BCUT2D eigenvalue weighted by molar-refractivity contribution is 6.01. The van der Waals surface area contributed by atoms with Crippen LogP contribution in [0, 0.1) is 0 Å². The Bertz CT molecular complexity index is 436. The van der Waals surface area contributed by atoms with Crippen LogP contribution >= 0.6 is 0 Å². The molecule has 0 saturated carbocycles. The maximum Gasteiger partial charge on any atom is 0.342 e. The Labute approximate surface area is 92.0 Å². The lowest BCUT2D eigenvalue weighted by Crippen LogP contribution is -2.11. The van der Waals surface area contributed by atoms with Crippen LogP contribution in [0.1, 0.15) is 27.6 Å². The number of rotatable bonds is 3. The van der Waals surface area contributed by atoms with Gasteiger partial charge in [-0.3, -0.25) is 9.59 Å². The van der Waals surface area contributed by atoms with Crippen molar-refractivity contribution in [2.24, 2.45) is 0 Å². The molecule has 1 aromatic rings. The van der Waals surface area contributed by atoms with E-state index >= 15 is 0 Å². The predicted octanol–water partition coefficient (Wildman–Crippen LogP) is 1.21. The number of carbonyl (C=O) groups excluding carboxylic acids is 3. The largest absolute Gasteiger partial charge is 0.465 e. The quantitative estimate of drug-likeness (QED) is 0.436. The van der Waals surface area contributed by atoms with E-state index < -0.39 is 11.9 Å². The van der Waals surface area contributed by atoms with Gasteiger partial charge in [-0.05, 0) is 6.07 Å². The topological polar surface area (TPSA) is 69.7 Å². The summed E-state index contributed by atoms with van der Waals surface area (Å²) in [6.07, 6.45) is 0.499. The number of aldehydes is 1. The van der Waals surface area contributed by atoms with Gasteiger partial charge in [0.2, 0.25) is 0 Å². The molecule has 0 unspecified atom stereocenters. The molecule has 5 heteroatoms. The van der Waals surface area contributed by atoms with E-state index in [-0.39, 0.29) is 16.9 Å². The number of carbonyl (C=O) groups is 3. The third-order valence-corrected chi connectivity index (χ3v) is 1.83. The predicted molar refractivity (Wildman–Crippen MR) is 54.5 cm³/mol. The van der Waals surface area contributed by atoms with Gasteiger partial charge in [0.25, 0.3) is 0 Å². The van der Waals surface area contributed by atoms with Gasteiger partial charge in [0.15, 0.2) is 6.29 Å². The molecule has 0 radical (unpaired) electrons. The third kappa shape index (κ3) is 2.44. The second-order valence-electron chi connectivity index (χ2n) is 2.92. The van der Waals surface area contributed by atoms with E-state index in [0.717, 1.165) is 0 Å². The standard InChI is InChI=1S/C11H10O5/c1-7(13)16-9-5-3-4-8(6-12)10(9)11(14)15-2/h3-6H,1-2H3. The molecule has 0 aliphatic rings. The maximum absolute atomic E-state index is 11.4. The minimum absolute atomic E-state index is 0.0175. The first kappa shape index (κ1) is 11.9. The van der Waals surface area contributed by atoms with Gasteiger partial charge in [-0.15, -0.1) is 0 Å². The molecule has 0 amide bonds. The molecule has 0 aliphatic carbocycles. The molecule has 1 aromatic carbocycles. The Hall–Kier alpha value is -2.17. The summed E-state index contributed by atoms with van der Waals surface area (Å²) in [6, 6.07) is 4.36. The Morgan fingerprint density at radius 2 is 2.00 bits per heavy atom. The lowest BCUT2D eigenvalue weighted by atomic mass is 10.1. The van der Waals surface area contributed by atoms with Gasteiger partial charge in [0.1, 0.15) is 11.3 Å². The van der Waals surface area contributed by atoms with Gasteiger partial charge in [0, 0.05) is 12.5 Å². The summed E-state index contributed by atoms with van der Waals surface area (Å²) in [7, 11) is 1.18. The van der Waals surface area contributed by atoms with Gasteiger partial charge in [-0.25, -0.2) is 4.79 Å². The minimum Gasteiger partial charge on any atom is -0.465 e. The first-order valence-corrected chi connectivity index (χ1v) is 4.45. The second kappa shape index (κ2) is 5.06. The molecule has 0 spiro atoms. The van der Waals surface area contributed by atoms with E-state index in [1.54, 1.807) is 0 Å². The molecular formula is C11H10O5. The van der Waals surface area contributed by atoms with Crippen LogP contribution in [0.4, 0.5) is 0 Å². The Morgan fingerprint density at radius 3 is 2.50 bits per heavy atom. The molecular weight excluding hydrogens is 212 g/mol. The van der Waals surface area contributed by atoms with E-state index in [0.29, 0.717) is 6.29 Å². The van der Waals surface area contributed by atoms with Crippen molar-refractivity contribution in [1.82, 2.24) is 0 Å². The van der Waals surface area contributed by atoms with Gasteiger partial charge in [-0.2, -0.15) is 0 Å². The van der Waals surface area contributed by atoms with Gasteiger partial charge in [-0.1, -0.05) is 12.1 Å². The average Bonchev–Trinajstić information content (AvgIpc) is 2.27. The number of hydrogen-bond donors (Lipinski definition) is 0. The van der Waals surface area contributed by atoms with Crippen LogP contribution in [0.5, 0.6) is 5.75 Å². The molecule has 0 heterocycles. The molecule has 5 nitrogen and oxygen atoms in total. The summed E-state index contributed by atoms with van der Waals surface area (Å²) in [5, 5.41) is 0. The van der Waals surface area contributed by atoms with Crippen molar-refractivity contribution < 1.29 is 23.9 Å². The third-order valence-electron chi connectivity index (χ3n) is 1.83. The van der Waals surface area contributed by atoms with Crippen LogP contribution in [0.2, 0.25) is 0 Å². The number of benzene rings is 1. The van der Waals surface area contributed by atoms with Gasteiger partial charge < -0.3 is 9.47 Å². The fourth-order valence-electron chi connectivity index (χ4n) is 1.21. The molecule has 0 aliphatic heterocycles. The van der Waals surface area contributed by atoms with E-state index in [1.807, 2.05) is 0 Å². The van der Waals surface area contributed by atoms with E-state index in [9.17, 15) is 14.4 Å². The van der Waals surface area contributed by atoms with Crippen LogP contribution in [0.15, 0.2) is 18.2 Å². The fourth-order valence-corrected chi connectivity index (χ4v) is 1.21. The normalized spacial score (nSPS) is 9.38. The van der Waals surface area contributed by atoms with Crippen LogP contribution in [-0.4, -0.2) is 25.3 Å². The van der Waals surface area contributed by atoms with Crippen LogP contribution in [0.25, 0.3) is 0 Å². The van der Waals surface area contributed by atoms with Gasteiger partial charge in [0.05, 0.1) is 7.11 Å². The molecule has 0 N–H and O–H groups in total. The summed E-state index contributed by atoms with van der Waals surface area (Å²) >= 11 is 0. The summed E-state index contributed by atoms with van der Waals surface area (Å²) in [4.78, 5) is 33.0. The zero-order chi connectivity index (χ0) is 12.1. The monoisotopic (exact) mass is 222 g/mol. The number of hydrogen-bond acceptors (Lipinski definition) is 5. The van der Waals surface area contributed by atoms with Crippen molar-refractivity contribution in [2.75, 3.05) is 7.11 Å². The summed E-state index contributed by atoms with van der Waals surface area (Å²) in [5.41, 5.74) is 0.0702. The molecule has 0 fully saturated rings. The Morgan fingerprint density at radius 1 is 1.31 bits per heavy atom. The van der Waals surface area contributed by atoms with Crippen molar-refractivity contribution >= 4 is 18.2 Å². The first-order valence-electron chi connectivity index (χ1n) is 4.45. The maximum atomic E-state index is 11.4. The summed E-state index contributed by atoms with van der Waals surface area (Å²) in [6.45, 7) is 1.20. The smallest absolute Gasteiger partial charge is 0.342 e. The van der Waals surface area contributed by atoms with Crippen LogP contribution in [-0.2, 0) is 9.53 Å². The Kier molecular flexibility index (Phi) is 3.77. The van der Waals surface area contributed by atoms with Crippen molar-refractivity contribution in [3.8, 4) is 5.75 Å². The van der Waals surface area contributed by atoms with Crippen molar-refractivity contribution in [2.45, 2.75) is 6.92 Å². The molecule has 0 atom stereocenters. The number of ether oxygens (including phenoxy) is 2. The molecule has 16 heavy (non-hydrogen) atoms. The molecule has 0 bridgehead atoms. The lowest BCUT2D eigenvalue weighted by Gasteiger charge is -2.08. The van der Waals surface area contributed by atoms with E-state index in [2.05, 4.69) is 4.74 Å². The average molecular weight is 222 g/mol. The van der Waals surface area contributed by atoms with Gasteiger partial charge >= 0.3 is 11.9 Å². The van der Waals surface area contributed by atoms with Crippen molar-refractivity contribution in [1.29, 1.82) is 0 Å². The van der Waals surface area contributed by atoms with Crippen LogP contribution < -0.4 is 4.74 Å². The Balaban J connectivity index is 3.30. The SMILES string of the molecule is COC(=O)c1c(C=O)cccc1OC(C)=O. The summed E-state index contributed by atoms with van der Waals surface area (Å²) in [5.74, 6) is -1.28. The lowest BCUT2D eigenvalue weighted by molar-refractivity contribution is -0.131. The zero-order valence-electron chi connectivity index (χ0n) is 8.85. The molecule has 84 valence electrons. The highest BCUT2D eigenvalue weighted by atomic mass is 16.5. The number of methoxy groups -OCH3 is 1. The molecule has 1 rings (SSSR count). The van der Waals surface area contributed by atoms with E-state index in [1.165, 1.54) is 32.2 Å². The minimum atomic E-state index is -0.723. The van der Waals surface area contributed by atoms with Crippen molar-refractivity contribution in [3.05, 3.63) is 29.3 Å². The summed E-state index contributed by atoms with van der Waals surface area (Å²) < 4.78 is 9.32.